The Hall–Kier alpha value is -3.84. The molecule has 2 bridgehead atoms. The Morgan fingerprint density at radius 1 is 1.05 bits per heavy atom. The molecule has 0 unspecified atom stereocenters. The SMILES string of the molecule is Cc1cc(CNC(=O)c2nc3n(c(=O)c2O)CC2(N4CCN(C)CC4)CCC3(N(C)C(=O)C(=O)N(C)C)CC2)ccc1F. The molecular formula is C30H40FN7O5. The van der Waals surface area contributed by atoms with Crippen molar-refractivity contribution < 1.29 is 23.9 Å². The van der Waals surface area contributed by atoms with Crippen molar-refractivity contribution in [2.45, 2.75) is 56.8 Å². The number of aryl methyl sites for hydroxylation is 1. The third kappa shape index (κ3) is 5.29. The van der Waals surface area contributed by atoms with Gasteiger partial charge in [0, 0.05) is 66.0 Å². The second kappa shape index (κ2) is 11.3. The molecule has 3 aliphatic heterocycles. The van der Waals surface area contributed by atoms with Crippen LogP contribution in [0.4, 0.5) is 4.39 Å². The van der Waals surface area contributed by atoms with Crippen LogP contribution < -0.4 is 10.9 Å². The lowest BCUT2D eigenvalue weighted by molar-refractivity contribution is -0.155. The molecule has 4 aliphatic rings. The average molecular weight is 598 g/mol. The lowest BCUT2D eigenvalue weighted by Crippen LogP contribution is -2.61. The molecule has 3 amide bonds. The number of benzene rings is 1. The maximum atomic E-state index is 13.9. The molecule has 4 heterocycles. The number of fused-ring (bicyclic) bond motifs is 2. The van der Waals surface area contributed by atoms with Gasteiger partial charge in [-0.05, 0) is 56.8 Å². The molecule has 1 saturated heterocycles. The van der Waals surface area contributed by atoms with Crippen molar-refractivity contribution in [3.8, 4) is 5.75 Å². The van der Waals surface area contributed by atoms with Crippen molar-refractivity contribution >= 4 is 17.7 Å². The van der Waals surface area contributed by atoms with Gasteiger partial charge in [-0.1, -0.05) is 12.1 Å². The van der Waals surface area contributed by atoms with E-state index in [1.807, 2.05) is 0 Å². The van der Waals surface area contributed by atoms with Gasteiger partial charge in [-0.2, -0.15) is 0 Å². The van der Waals surface area contributed by atoms with Crippen molar-refractivity contribution in [1.82, 2.24) is 34.5 Å². The van der Waals surface area contributed by atoms with E-state index in [1.54, 1.807) is 13.0 Å². The number of amides is 3. The molecule has 43 heavy (non-hydrogen) atoms. The maximum absolute atomic E-state index is 13.9. The van der Waals surface area contributed by atoms with Crippen molar-refractivity contribution in [2.24, 2.45) is 0 Å². The van der Waals surface area contributed by atoms with E-state index in [0.29, 0.717) is 36.8 Å². The minimum Gasteiger partial charge on any atom is -0.501 e. The summed E-state index contributed by atoms with van der Waals surface area (Å²) in [4.78, 5) is 65.3. The van der Waals surface area contributed by atoms with Crippen molar-refractivity contribution in [2.75, 3.05) is 54.4 Å². The van der Waals surface area contributed by atoms with Crippen LogP contribution >= 0.6 is 0 Å². The molecule has 2 N–H and O–H groups in total. The van der Waals surface area contributed by atoms with Gasteiger partial charge in [0.2, 0.25) is 5.75 Å². The quantitative estimate of drug-likeness (QED) is 0.481. The van der Waals surface area contributed by atoms with E-state index >= 15 is 0 Å². The van der Waals surface area contributed by atoms with E-state index in [4.69, 9.17) is 0 Å². The lowest BCUT2D eigenvalue weighted by atomic mass is 9.71. The Labute approximate surface area is 250 Å². The highest BCUT2D eigenvalue weighted by Gasteiger charge is 2.56. The second-order valence-electron chi connectivity index (χ2n) is 12.4. The summed E-state index contributed by atoms with van der Waals surface area (Å²) in [6, 6.07) is 4.44. The first-order valence-corrected chi connectivity index (χ1v) is 14.6. The molecule has 2 fully saturated rings. The number of aromatic hydroxyl groups is 1. The largest absolute Gasteiger partial charge is 0.501 e. The van der Waals surface area contributed by atoms with Gasteiger partial charge in [-0.25, -0.2) is 9.37 Å². The molecule has 232 valence electrons. The second-order valence-corrected chi connectivity index (χ2v) is 12.4. The summed E-state index contributed by atoms with van der Waals surface area (Å²) in [5.41, 5.74) is -1.72. The molecule has 1 aromatic carbocycles. The highest BCUT2D eigenvalue weighted by atomic mass is 19.1. The number of halogens is 1. The number of nitrogens with one attached hydrogen (secondary N) is 1. The van der Waals surface area contributed by atoms with Crippen molar-refractivity contribution in [1.29, 1.82) is 0 Å². The predicted molar refractivity (Wildman–Crippen MR) is 156 cm³/mol. The summed E-state index contributed by atoms with van der Waals surface area (Å²) in [6.45, 7) is 5.25. The zero-order valence-corrected chi connectivity index (χ0v) is 25.4. The van der Waals surface area contributed by atoms with Crippen LogP contribution in [0.25, 0.3) is 0 Å². The summed E-state index contributed by atoms with van der Waals surface area (Å²) in [5.74, 6) is -3.19. The fourth-order valence-electron chi connectivity index (χ4n) is 6.80. The number of hydrogen-bond acceptors (Lipinski definition) is 8. The van der Waals surface area contributed by atoms with Crippen LogP contribution in [0, 0.1) is 12.7 Å². The Bertz CT molecular complexity index is 1510. The number of nitrogens with zero attached hydrogens (tertiary/aromatic N) is 6. The Kier molecular flexibility index (Phi) is 8.07. The van der Waals surface area contributed by atoms with Crippen LogP contribution in [0.3, 0.4) is 0 Å². The lowest BCUT2D eigenvalue weighted by Gasteiger charge is -2.52. The van der Waals surface area contributed by atoms with Gasteiger partial charge in [0.15, 0.2) is 5.69 Å². The van der Waals surface area contributed by atoms with E-state index in [9.17, 15) is 28.7 Å². The fourth-order valence-corrected chi connectivity index (χ4v) is 6.80. The first kappa shape index (κ1) is 30.6. The number of hydrogen-bond donors (Lipinski definition) is 2. The molecule has 0 spiro atoms. The van der Waals surface area contributed by atoms with E-state index in [-0.39, 0.29) is 24.7 Å². The monoisotopic (exact) mass is 597 g/mol. The Morgan fingerprint density at radius 2 is 1.70 bits per heavy atom. The first-order valence-electron chi connectivity index (χ1n) is 14.6. The minimum absolute atomic E-state index is 0.0207. The highest BCUT2D eigenvalue weighted by molar-refractivity contribution is 6.34. The molecule has 0 radical (unpaired) electrons. The minimum atomic E-state index is -1.15. The maximum Gasteiger partial charge on any atom is 0.312 e. The summed E-state index contributed by atoms with van der Waals surface area (Å²) in [7, 11) is 6.61. The first-order chi connectivity index (χ1) is 20.3. The van der Waals surface area contributed by atoms with Gasteiger partial charge in [-0.15, -0.1) is 0 Å². The molecule has 1 aliphatic carbocycles. The van der Waals surface area contributed by atoms with Crippen LogP contribution in [-0.4, -0.2) is 112 Å². The van der Waals surface area contributed by atoms with Crippen LogP contribution in [0.1, 0.15) is 53.1 Å². The molecule has 12 nitrogen and oxygen atoms in total. The molecule has 2 aromatic rings. The van der Waals surface area contributed by atoms with Gasteiger partial charge in [-0.3, -0.25) is 28.6 Å². The van der Waals surface area contributed by atoms with Gasteiger partial charge in [0.25, 0.3) is 11.5 Å². The number of carbonyl (C=O) groups is 3. The van der Waals surface area contributed by atoms with Gasteiger partial charge >= 0.3 is 11.8 Å². The van der Waals surface area contributed by atoms with E-state index in [0.717, 1.165) is 26.2 Å². The number of piperazine rings is 1. The predicted octanol–water partition coefficient (Wildman–Crippen LogP) is 0.642. The molecular weight excluding hydrogens is 557 g/mol. The van der Waals surface area contributed by atoms with Crippen LogP contribution in [0.5, 0.6) is 5.75 Å². The molecule has 1 aromatic heterocycles. The third-order valence-corrected chi connectivity index (χ3v) is 9.62. The van der Waals surface area contributed by atoms with Gasteiger partial charge < -0.3 is 25.1 Å². The van der Waals surface area contributed by atoms with Crippen LogP contribution in [-0.2, 0) is 28.2 Å². The number of likely N-dealkylation sites (N-methyl/N-ethyl adjacent to an activating group) is 3. The Morgan fingerprint density at radius 3 is 2.30 bits per heavy atom. The van der Waals surface area contributed by atoms with E-state index in [1.165, 1.54) is 47.6 Å². The van der Waals surface area contributed by atoms with Crippen LogP contribution in [0.15, 0.2) is 23.0 Å². The normalized spacial score (nSPS) is 23.8. The summed E-state index contributed by atoms with van der Waals surface area (Å²) in [5, 5.41) is 13.7. The van der Waals surface area contributed by atoms with Gasteiger partial charge in [0.05, 0.1) is 0 Å². The molecule has 13 heteroatoms. The summed E-state index contributed by atoms with van der Waals surface area (Å²) < 4.78 is 15.1. The van der Waals surface area contributed by atoms with Crippen molar-refractivity contribution in [3.63, 3.8) is 0 Å². The topological polar surface area (TPSA) is 131 Å². The summed E-state index contributed by atoms with van der Waals surface area (Å²) in [6.07, 6.45) is 2.13. The smallest absolute Gasteiger partial charge is 0.312 e. The van der Waals surface area contributed by atoms with Gasteiger partial charge in [0.1, 0.15) is 17.2 Å². The third-order valence-electron chi connectivity index (χ3n) is 9.62. The highest BCUT2D eigenvalue weighted by Crippen LogP contribution is 2.50. The zero-order chi connectivity index (χ0) is 31.3. The number of carbonyl (C=O) groups excluding carboxylic acids is 3. The number of rotatable bonds is 5. The molecule has 1 saturated carbocycles. The molecule has 0 atom stereocenters. The van der Waals surface area contributed by atoms with E-state index in [2.05, 4.69) is 27.1 Å². The standard InChI is InChI=1S/C30H40FN7O5/c1-19-16-20(6-7-21(19)31)17-32-24(40)22-23(39)25(41)38-18-29(37-14-12-35(4)13-15-37)8-10-30(11-9-29,28(38)33-22)36(5)27(43)26(42)34(2)3/h6-7,16,39H,8-15,17-18H2,1-5H3,(H,32,40). The fraction of sp³-hybridized carbons (Fsp3) is 0.567. The van der Waals surface area contributed by atoms with Crippen LogP contribution in [0.2, 0.25) is 0 Å². The summed E-state index contributed by atoms with van der Waals surface area (Å²) >= 11 is 0. The van der Waals surface area contributed by atoms with Crippen molar-refractivity contribution in [3.05, 3.63) is 57.0 Å². The zero-order valence-electron chi connectivity index (χ0n) is 25.4. The Balaban J connectivity index is 1.57. The average Bonchev–Trinajstić information content (AvgIpc) is 3.23. The van der Waals surface area contributed by atoms with E-state index < -0.39 is 45.8 Å². The number of aromatic nitrogens is 2. The molecule has 6 rings (SSSR count).